The zero-order valence-corrected chi connectivity index (χ0v) is 13.3. The second kappa shape index (κ2) is 7.41. The van der Waals surface area contributed by atoms with Crippen molar-refractivity contribution in [1.29, 1.82) is 0 Å². The Morgan fingerprint density at radius 3 is 1.77 bits per heavy atom. The maximum absolute atomic E-state index is 12.5. The molecule has 0 aromatic heterocycles. The van der Waals surface area contributed by atoms with Crippen LogP contribution < -0.4 is 0 Å². The number of hydrazone groups is 2. The van der Waals surface area contributed by atoms with Gasteiger partial charge in [0.2, 0.25) is 11.8 Å². The number of ether oxygens (including phenoxy) is 4. The van der Waals surface area contributed by atoms with Crippen molar-refractivity contribution in [3.05, 3.63) is 0 Å². The first-order chi connectivity index (χ1) is 10.6. The molecule has 0 radical (unpaired) electrons. The van der Waals surface area contributed by atoms with Crippen LogP contribution in [0.25, 0.3) is 0 Å². The van der Waals surface area contributed by atoms with Gasteiger partial charge in [0.25, 0.3) is 0 Å². The smallest absolute Gasteiger partial charge is 0.367 e. The molecule has 9 nitrogen and oxygen atoms in total. The Kier molecular flexibility index (Phi) is 5.56. The Bertz CT molecular complexity index is 427. The van der Waals surface area contributed by atoms with E-state index in [0.29, 0.717) is 25.0 Å². The third-order valence-electron chi connectivity index (χ3n) is 2.99. The van der Waals surface area contributed by atoms with Crippen LogP contribution >= 0.6 is 0 Å². The molecule has 2 unspecified atom stereocenters. The van der Waals surface area contributed by atoms with Gasteiger partial charge in [-0.3, -0.25) is 0 Å². The van der Waals surface area contributed by atoms with E-state index in [1.54, 1.807) is 13.8 Å². The van der Waals surface area contributed by atoms with Gasteiger partial charge >= 0.3 is 6.03 Å². The molecule has 2 rings (SSSR count). The Hall–Kier alpha value is -1.87. The van der Waals surface area contributed by atoms with Gasteiger partial charge in [-0.15, -0.1) is 10.2 Å². The van der Waals surface area contributed by atoms with E-state index >= 15 is 0 Å². The maximum Gasteiger partial charge on any atom is 0.367 e. The first-order valence-corrected chi connectivity index (χ1v) is 7.33. The van der Waals surface area contributed by atoms with Crippen molar-refractivity contribution in [2.24, 2.45) is 10.2 Å². The lowest BCUT2D eigenvalue weighted by Gasteiger charge is -2.22. The van der Waals surface area contributed by atoms with Gasteiger partial charge in [0.15, 0.2) is 12.5 Å². The molecule has 0 aromatic rings. The zero-order valence-electron chi connectivity index (χ0n) is 13.3. The summed E-state index contributed by atoms with van der Waals surface area (Å²) in [6, 6.07) is -0.419. The molecule has 2 amide bonds. The average molecular weight is 314 g/mol. The van der Waals surface area contributed by atoms with Crippen LogP contribution in [-0.2, 0) is 18.9 Å². The standard InChI is InChI=1S/C13H22N4O5/c1-5-19-7-11-14-16(9(3)21-11)13(18)17-10(4)22-12(15-17)8-20-6-2/h9-10H,5-8H2,1-4H3. The number of hydrogen-bond acceptors (Lipinski definition) is 7. The summed E-state index contributed by atoms with van der Waals surface area (Å²) >= 11 is 0. The van der Waals surface area contributed by atoms with Crippen molar-refractivity contribution in [2.45, 2.75) is 40.2 Å². The zero-order chi connectivity index (χ0) is 16.1. The number of hydrogen-bond donors (Lipinski definition) is 0. The van der Waals surface area contributed by atoms with Crippen LogP contribution in [0.2, 0.25) is 0 Å². The molecular formula is C13H22N4O5. The molecule has 0 fully saturated rings. The fourth-order valence-corrected chi connectivity index (χ4v) is 1.95. The quantitative estimate of drug-likeness (QED) is 0.734. The van der Waals surface area contributed by atoms with Crippen LogP contribution in [-0.4, -0.2) is 66.7 Å². The Morgan fingerprint density at radius 2 is 1.41 bits per heavy atom. The highest BCUT2D eigenvalue weighted by Crippen LogP contribution is 2.20. The molecule has 0 spiro atoms. The highest BCUT2D eigenvalue weighted by Gasteiger charge is 2.38. The topological polar surface area (TPSA) is 85.2 Å². The summed E-state index contributed by atoms with van der Waals surface area (Å²) in [6.45, 7) is 8.77. The van der Waals surface area contributed by atoms with Gasteiger partial charge in [-0.25, -0.2) is 4.79 Å². The van der Waals surface area contributed by atoms with Gasteiger partial charge < -0.3 is 18.9 Å². The molecule has 0 aliphatic carbocycles. The molecule has 0 bridgehead atoms. The number of rotatable bonds is 6. The van der Waals surface area contributed by atoms with Gasteiger partial charge in [0.05, 0.1) is 0 Å². The predicted octanol–water partition coefficient (Wildman–Crippen LogP) is 1.16. The van der Waals surface area contributed by atoms with Crippen molar-refractivity contribution in [3.63, 3.8) is 0 Å². The predicted molar refractivity (Wildman–Crippen MR) is 78.0 cm³/mol. The van der Waals surface area contributed by atoms with E-state index in [0.717, 1.165) is 0 Å². The average Bonchev–Trinajstić information content (AvgIpc) is 3.05. The lowest BCUT2D eigenvalue weighted by molar-refractivity contribution is 0.0363. The van der Waals surface area contributed by atoms with Crippen LogP contribution in [0.1, 0.15) is 27.7 Å². The summed E-state index contributed by atoms with van der Waals surface area (Å²) in [4.78, 5) is 12.5. The molecule has 2 aliphatic rings. The van der Waals surface area contributed by atoms with Crippen molar-refractivity contribution in [3.8, 4) is 0 Å². The van der Waals surface area contributed by atoms with Crippen molar-refractivity contribution < 1.29 is 23.7 Å². The van der Waals surface area contributed by atoms with Crippen LogP contribution in [0.3, 0.4) is 0 Å². The summed E-state index contributed by atoms with van der Waals surface area (Å²) in [5.74, 6) is 0.739. The second-order valence-corrected chi connectivity index (χ2v) is 4.67. The molecule has 2 atom stereocenters. The maximum atomic E-state index is 12.5. The summed E-state index contributed by atoms with van der Waals surface area (Å²) in [5.41, 5.74) is 0. The first kappa shape index (κ1) is 16.5. The first-order valence-electron chi connectivity index (χ1n) is 7.33. The van der Waals surface area contributed by atoms with E-state index in [2.05, 4.69) is 10.2 Å². The number of nitrogens with zero attached hydrogens (tertiary/aromatic N) is 4. The molecule has 2 heterocycles. The van der Waals surface area contributed by atoms with E-state index in [9.17, 15) is 4.79 Å². The van der Waals surface area contributed by atoms with Gasteiger partial charge in [0, 0.05) is 13.2 Å². The van der Waals surface area contributed by atoms with Crippen molar-refractivity contribution >= 4 is 17.8 Å². The largest absolute Gasteiger partial charge is 0.452 e. The Labute approximate surface area is 129 Å². The minimum absolute atomic E-state index is 0.232. The summed E-state index contributed by atoms with van der Waals surface area (Å²) in [7, 11) is 0. The third kappa shape index (κ3) is 3.66. The second-order valence-electron chi connectivity index (χ2n) is 4.67. The highest BCUT2D eigenvalue weighted by molar-refractivity contribution is 5.86. The lowest BCUT2D eigenvalue weighted by atomic mass is 10.5. The van der Waals surface area contributed by atoms with Crippen molar-refractivity contribution in [1.82, 2.24) is 10.0 Å². The van der Waals surface area contributed by atoms with E-state index < -0.39 is 18.5 Å². The van der Waals surface area contributed by atoms with Gasteiger partial charge in [-0.05, 0) is 27.7 Å². The van der Waals surface area contributed by atoms with E-state index in [1.807, 2.05) is 13.8 Å². The fourth-order valence-electron chi connectivity index (χ4n) is 1.95. The molecule has 0 saturated heterocycles. The van der Waals surface area contributed by atoms with Gasteiger partial charge in [-0.2, -0.15) is 10.0 Å². The third-order valence-corrected chi connectivity index (χ3v) is 2.99. The molecule has 22 heavy (non-hydrogen) atoms. The minimum atomic E-state index is -0.513. The van der Waals surface area contributed by atoms with Gasteiger partial charge in [-0.1, -0.05) is 0 Å². The Balaban J connectivity index is 2.01. The highest BCUT2D eigenvalue weighted by atomic mass is 16.6. The molecule has 0 saturated carbocycles. The fraction of sp³-hybridized carbons (Fsp3) is 0.769. The van der Waals surface area contributed by atoms with Gasteiger partial charge in [0.1, 0.15) is 13.2 Å². The molecule has 124 valence electrons. The summed E-state index contributed by atoms with van der Waals surface area (Å²) in [6.07, 6.45) is -1.03. The van der Waals surface area contributed by atoms with Crippen LogP contribution in [0.4, 0.5) is 4.79 Å². The van der Waals surface area contributed by atoms with Crippen LogP contribution in [0, 0.1) is 0 Å². The number of carbonyl (C=O) groups is 1. The number of amides is 2. The van der Waals surface area contributed by atoms with E-state index in [4.69, 9.17) is 18.9 Å². The summed E-state index contributed by atoms with van der Waals surface area (Å²) in [5, 5.41) is 10.7. The van der Waals surface area contributed by atoms with Crippen molar-refractivity contribution in [2.75, 3.05) is 26.4 Å². The minimum Gasteiger partial charge on any atom is -0.452 e. The SMILES string of the molecule is CCOCC1=NN(C(=O)N2N=C(COCC)OC2C)C(C)O1. The monoisotopic (exact) mass is 314 g/mol. The number of carbonyl (C=O) groups excluding carboxylic acids is 1. The van der Waals surface area contributed by atoms with Crippen LogP contribution in [0.15, 0.2) is 10.2 Å². The molecule has 2 aliphatic heterocycles. The molecule has 0 aromatic carbocycles. The van der Waals surface area contributed by atoms with Crippen LogP contribution in [0.5, 0.6) is 0 Å². The Morgan fingerprint density at radius 1 is 1.00 bits per heavy atom. The van der Waals surface area contributed by atoms with E-state index in [1.165, 1.54) is 10.0 Å². The molecule has 0 N–H and O–H groups in total. The van der Waals surface area contributed by atoms with E-state index in [-0.39, 0.29) is 13.2 Å². The molecular weight excluding hydrogens is 292 g/mol. The lowest BCUT2D eigenvalue weighted by Crippen LogP contribution is -2.42. The normalized spacial score (nSPS) is 24.0. The number of urea groups is 1. The molecule has 9 heteroatoms. The summed E-state index contributed by atoms with van der Waals surface area (Å²) < 4.78 is 21.4.